The second-order valence-corrected chi connectivity index (χ2v) is 8.97. The summed E-state index contributed by atoms with van der Waals surface area (Å²) in [7, 11) is 0. The van der Waals surface area contributed by atoms with Crippen LogP contribution in [0, 0.1) is 6.92 Å². The predicted octanol–water partition coefficient (Wildman–Crippen LogP) is 3.13. The number of para-hydroxylation sites is 1. The smallest absolute Gasteiger partial charge is 0.162 e. The lowest BCUT2D eigenvalue weighted by Gasteiger charge is -2.40. The van der Waals surface area contributed by atoms with Gasteiger partial charge in [-0.05, 0) is 37.5 Å². The largest absolute Gasteiger partial charge is 0.369 e. The Bertz CT molecular complexity index is 1250. The van der Waals surface area contributed by atoms with Gasteiger partial charge in [-0.2, -0.15) is 5.10 Å². The average molecular weight is 428 g/mol. The van der Waals surface area contributed by atoms with Crippen LogP contribution in [0.3, 0.4) is 0 Å². The number of piperazine rings is 1. The minimum absolute atomic E-state index is 0.713. The van der Waals surface area contributed by atoms with Crippen LogP contribution in [0.4, 0.5) is 5.69 Å². The van der Waals surface area contributed by atoms with Crippen LogP contribution in [0.2, 0.25) is 0 Å². The van der Waals surface area contributed by atoms with Gasteiger partial charge in [0.1, 0.15) is 0 Å². The lowest BCUT2D eigenvalue weighted by Crippen LogP contribution is -2.52. The first-order chi connectivity index (χ1) is 15.8. The molecule has 7 nitrogen and oxygen atoms in total. The minimum Gasteiger partial charge on any atom is -0.369 e. The van der Waals surface area contributed by atoms with Crippen molar-refractivity contribution in [3.05, 3.63) is 54.6 Å². The molecule has 3 aromatic heterocycles. The van der Waals surface area contributed by atoms with Gasteiger partial charge in [0.05, 0.1) is 29.8 Å². The molecule has 32 heavy (non-hydrogen) atoms. The highest BCUT2D eigenvalue weighted by Gasteiger charge is 2.26. The molecule has 6 rings (SSSR count). The van der Waals surface area contributed by atoms with Gasteiger partial charge in [0.2, 0.25) is 0 Å². The van der Waals surface area contributed by atoms with Crippen LogP contribution in [0.1, 0.15) is 18.5 Å². The van der Waals surface area contributed by atoms with Gasteiger partial charge in [-0.1, -0.05) is 18.2 Å². The van der Waals surface area contributed by atoms with Crippen molar-refractivity contribution in [1.82, 2.24) is 29.8 Å². The Morgan fingerprint density at radius 1 is 0.969 bits per heavy atom. The average Bonchev–Trinajstić information content (AvgIpc) is 3.27. The normalized spacial score (nSPS) is 18.6. The molecule has 0 unspecified atom stereocenters. The molecule has 0 radical (unpaired) electrons. The summed E-state index contributed by atoms with van der Waals surface area (Å²) in [5, 5.41) is 9.26. The molecule has 0 spiro atoms. The lowest BCUT2D eigenvalue weighted by atomic mass is 10.0. The fraction of sp³-hybridized carbons (Fsp3) is 0.400. The van der Waals surface area contributed by atoms with E-state index < -0.39 is 0 Å². The molecular formula is C25H29N7. The van der Waals surface area contributed by atoms with E-state index in [1.54, 1.807) is 0 Å². The van der Waals surface area contributed by atoms with Crippen molar-refractivity contribution in [1.29, 1.82) is 0 Å². The van der Waals surface area contributed by atoms with Gasteiger partial charge < -0.3 is 10.2 Å². The summed E-state index contributed by atoms with van der Waals surface area (Å²) < 4.78 is 1.93. The third-order valence-corrected chi connectivity index (χ3v) is 6.97. The Labute approximate surface area is 188 Å². The minimum atomic E-state index is 0.713. The molecule has 0 atom stereocenters. The maximum absolute atomic E-state index is 4.86. The number of aromatic nitrogens is 4. The molecular weight excluding hydrogens is 398 g/mol. The van der Waals surface area contributed by atoms with Crippen LogP contribution in [-0.4, -0.2) is 69.8 Å². The van der Waals surface area contributed by atoms with Crippen molar-refractivity contribution < 1.29 is 0 Å². The standard InChI is InChI=1S/C25H29N7/c1-18-14-22(21-4-2-3-5-24(21)29-18)23-16-28-32-17-20(15-27-25(23)32)30-10-6-19(7-11-30)31-12-8-26-9-13-31/h2-5,14-17,19,26H,6-13H2,1H3. The first kappa shape index (κ1) is 19.6. The van der Waals surface area contributed by atoms with Crippen molar-refractivity contribution in [2.24, 2.45) is 0 Å². The summed E-state index contributed by atoms with van der Waals surface area (Å²) in [6.07, 6.45) is 8.51. The number of benzene rings is 1. The zero-order valence-electron chi connectivity index (χ0n) is 18.5. The second kappa shape index (κ2) is 8.15. The van der Waals surface area contributed by atoms with Crippen molar-refractivity contribution in [3.8, 4) is 11.1 Å². The van der Waals surface area contributed by atoms with Crippen LogP contribution < -0.4 is 10.2 Å². The summed E-state index contributed by atoms with van der Waals surface area (Å²) >= 11 is 0. The number of nitrogens with zero attached hydrogens (tertiary/aromatic N) is 6. The molecule has 0 saturated carbocycles. The zero-order valence-corrected chi connectivity index (χ0v) is 18.5. The third kappa shape index (κ3) is 3.51. The number of rotatable bonds is 3. The topological polar surface area (TPSA) is 61.6 Å². The van der Waals surface area contributed by atoms with Crippen molar-refractivity contribution in [2.45, 2.75) is 25.8 Å². The van der Waals surface area contributed by atoms with Crippen molar-refractivity contribution >= 4 is 22.2 Å². The van der Waals surface area contributed by atoms with E-state index in [1.165, 1.54) is 25.9 Å². The molecule has 0 aliphatic carbocycles. The highest BCUT2D eigenvalue weighted by molar-refractivity contribution is 5.98. The number of aryl methyl sites for hydroxylation is 1. The zero-order chi connectivity index (χ0) is 21.5. The van der Waals surface area contributed by atoms with E-state index in [4.69, 9.17) is 4.98 Å². The Balaban J connectivity index is 1.27. The first-order valence-electron chi connectivity index (χ1n) is 11.7. The summed E-state index contributed by atoms with van der Waals surface area (Å²) in [5.74, 6) is 0. The number of piperidine rings is 1. The van der Waals surface area contributed by atoms with Gasteiger partial charge >= 0.3 is 0 Å². The number of fused-ring (bicyclic) bond motifs is 2. The van der Waals surface area contributed by atoms with Gasteiger partial charge in [0.25, 0.3) is 0 Å². The maximum Gasteiger partial charge on any atom is 0.162 e. The molecule has 1 N–H and O–H groups in total. The van der Waals surface area contributed by atoms with Gasteiger partial charge in [0.15, 0.2) is 5.65 Å². The third-order valence-electron chi connectivity index (χ3n) is 6.97. The van der Waals surface area contributed by atoms with Gasteiger partial charge in [-0.15, -0.1) is 0 Å². The molecule has 2 aliphatic heterocycles. The number of pyridine rings is 1. The number of nitrogens with one attached hydrogen (secondary N) is 1. The van der Waals surface area contributed by atoms with E-state index in [2.05, 4.69) is 55.7 Å². The van der Waals surface area contributed by atoms with Crippen molar-refractivity contribution in [3.63, 3.8) is 0 Å². The molecule has 1 aromatic carbocycles. The Kier molecular flexibility index (Phi) is 5.00. The van der Waals surface area contributed by atoms with Crippen molar-refractivity contribution in [2.75, 3.05) is 44.2 Å². The number of hydrogen-bond donors (Lipinski definition) is 1. The fourth-order valence-electron chi connectivity index (χ4n) is 5.29. The van der Waals surface area contributed by atoms with Crippen LogP contribution in [0.5, 0.6) is 0 Å². The lowest BCUT2D eigenvalue weighted by molar-refractivity contribution is 0.150. The summed E-state index contributed by atoms with van der Waals surface area (Å²) in [4.78, 5) is 14.7. The predicted molar refractivity (Wildman–Crippen MR) is 128 cm³/mol. The molecule has 164 valence electrons. The molecule has 2 fully saturated rings. The van der Waals surface area contributed by atoms with Gasteiger partial charge in [-0.3, -0.25) is 9.88 Å². The quantitative estimate of drug-likeness (QED) is 0.542. The van der Waals surface area contributed by atoms with E-state index in [-0.39, 0.29) is 0 Å². The molecule has 7 heteroatoms. The molecule has 5 heterocycles. The Morgan fingerprint density at radius 2 is 1.78 bits per heavy atom. The highest BCUT2D eigenvalue weighted by Crippen LogP contribution is 2.32. The molecule has 2 saturated heterocycles. The first-order valence-corrected chi connectivity index (χ1v) is 11.7. The Morgan fingerprint density at radius 3 is 2.62 bits per heavy atom. The fourth-order valence-corrected chi connectivity index (χ4v) is 5.29. The summed E-state index contributed by atoms with van der Waals surface area (Å²) in [6, 6.07) is 11.1. The van der Waals surface area contributed by atoms with E-state index in [9.17, 15) is 0 Å². The van der Waals surface area contributed by atoms with E-state index in [0.29, 0.717) is 6.04 Å². The van der Waals surface area contributed by atoms with Crippen LogP contribution in [0.25, 0.3) is 27.7 Å². The molecule has 0 bridgehead atoms. The maximum atomic E-state index is 4.86. The van der Waals surface area contributed by atoms with Gasteiger partial charge in [0, 0.05) is 62.0 Å². The SMILES string of the molecule is Cc1cc(-c2cnn3cc(N4CCC(N5CCNCC5)CC4)cnc23)c2ccccc2n1. The monoisotopic (exact) mass is 427 g/mol. The van der Waals surface area contributed by atoms with E-state index in [1.807, 2.05) is 29.9 Å². The second-order valence-electron chi connectivity index (χ2n) is 8.97. The number of hydrogen-bond acceptors (Lipinski definition) is 6. The van der Waals surface area contributed by atoms with E-state index in [0.717, 1.165) is 65.2 Å². The van der Waals surface area contributed by atoms with Crippen LogP contribution in [0.15, 0.2) is 48.9 Å². The van der Waals surface area contributed by atoms with E-state index >= 15 is 0 Å². The molecule has 2 aliphatic rings. The molecule has 0 amide bonds. The summed E-state index contributed by atoms with van der Waals surface area (Å²) in [5.41, 5.74) is 6.24. The molecule has 4 aromatic rings. The van der Waals surface area contributed by atoms with Gasteiger partial charge in [-0.25, -0.2) is 9.50 Å². The van der Waals surface area contributed by atoms with Crippen LogP contribution in [-0.2, 0) is 0 Å². The summed E-state index contributed by atoms with van der Waals surface area (Å²) in [6.45, 7) is 8.78. The number of anilines is 1. The highest BCUT2D eigenvalue weighted by atomic mass is 15.3. The van der Waals surface area contributed by atoms with Crippen LogP contribution >= 0.6 is 0 Å². The Hall–Kier alpha value is -3.03.